The molecule has 0 spiro atoms. The van der Waals surface area contributed by atoms with Gasteiger partial charge in [0.25, 0.3) is 0 Å². The molecule has 3 nitrogen and oxygen atoms in total. The third kappa shape index (κ3) is 6.20. The summed E-state index contributed by atoms with van der Waals surface area (Å²) >= 11 is 5.92. The van der Waals surface area contributed by atoms with Crippen LogP contribution in [0.3, 0.4) is 0 Å². The van der Waals surface area contributed by atoms with E-state index in [1.165, 1.54) is 12.1 Å². The fourth-order valence-electron chi connectivity index (χ4n) is 1.79. The molecule has 1 atom stereocenters. The van der Waals surface area contributed by atoms with Gasteiger partial charge in [-0.2, -0.15) is 0 Å². The first-order valence-electron chi connectivity index (χ1n) is 6.75. The Hall–Kier alpha value is -0.840. The Bertz CT molecular complexity index is 449. The maximum Gasteiger partial charge on any atom is 0.226 e. The van der Waals surface area contributed by atoms with Crippen LogP contribution in [0.1, 0.15) is 25.8 Å². The molecule has 1 amide bonds. The Balaban J connectivity index is 0.00000400. The van der Waals surface area contributed by atoms with Gasteiger partial charge in [0, 0.05) is 30.2 Å². The van der Waals surface area contributed by atoms with Gasteiger partial charge in [-0.3, -0.25) is 4.79 Å². The molecule has 1 aromatic carbocycles. The molecular weight excluding hydrogens is 314 g/mol. The van der Waals surface area contributed by atoms with Crippen molar-refractivity contribution in [3.63, 3.8) is 0 Å². The van der Waals surface area contributed by atoms with E-state index in [0.717, 1.165) is 6.42 Å². The average molecular weight is 337 g/mol. The second-order valence-corrected chi connectivity index (χ2v) is 5.80. The number of nitrogens with zero attached hydrogens (tertiary/aromatic N) is 1. The van der Waals surface area contributed by atoms with Gasteiger partial charge in [-0.05, 0) is 24.5 Å². The zero-order valence-electron chi connectivity index (χ0n) is 12.6. The first-order chi connectivity index (χ1) is 9.32. The van der Waals surface area contributed by atoms with E-state index < -0.39 is 5.82 Å². The predicted octanol–water partition coefficient (Wildman–Crippen LogP) is 3.28. The summed E-state index contributed by atoms with van der Waals surface area (Å²) in [6.07, 6.45) is 0.698. The van der Waals surface area contributed by atoms with Crippen molar-refractivity contribution in [1.29, 1.82) is 0 Å². The monoisotopic (exact) mass is 336 g/mol. The molecule has 6 heteroatoms. The molecule has 1 rings (SSSR count). The lowest BCUT2D eigenvalue weighted by Crippen LogP contribution is -2.35. The minimum atomic E-state index is -0.446. The average Bonchev–Trinajstić information content (AvgIpc) is 2.39. The van der Waals surface area contributed by atoms with Crippen LogP contribution < -0.4 is 5.73 Å². The molecule has 1 aromatic rings. The Labute approximate surface area is 137 Å². The Morgan fingerprint density at radius 2 is 2.05 bits per heavy atom. The summed E-state index contributed by atoms with van der Waals surface area (Å²) in [5.41, 5.74) is 6.20. The highest BCUT2D eigenvalue weighted by molar-refractivity contribution is 6.31. The SMILES string of the molecule is CC(C)C(N)CCN(C)C(=O)Cc1c(F)cccc1Cl.Cl. The van der Waals surface area contributed by atoms with E-state index in [4.69, 9.17) is 17.3 Å². The highest BCUT2D eigenvalue weighted by Gasteiger charge is 2.16. The fourth-order valence-corrected chi connectivity index (χ4v) is 2.02. The highest BCUT2D eigenvalue weighted by atomic mass is 35.5. The van der Waals surface area contributed by atoms with E-state index >= 15 is 0 Å². The zero-order chi connectivity index (χ0) is 15.3. The summed E-state index contributed by atoms with van der Waals surface area (Å²) in [5, 5.41) is 0.283. The number of carbonyl (C=O) groups excluding carboxylic acids is 1. The van der Waals surface area contributed by atoms with Gasteiger partial charge in [0.2, 0.25) is 5.91 Å². The normalized spacial score (nSPS) is 12.0. The molecule has 0 aliphatic heterocycles. The second-order valence-electron chi connectivity index (χ2n) is 5.39. The molecule has 1 unspecified atom stereocenters. The van der Waals surface area contributed by atoms with Gasteiger partial charge in [0.15, 0.2) is 0 Å². The molecule has 21 heavy (non-hydrogen) atoms. The number of hydrogen-bond acceptors (Lipinski definition) is 2. The summed E-state index contributed by atoms with van der Waals surface area (Å²) in [5.74, 6) is -0.231. The van der Waals surface area contributed by atoms with Gasteiger partial charge in [0.1, 0.15) is 5.82 Å². The van der Waals surface area contributed by atoms with Crippen molar-refractivity contribution in [2.24, 2.45) is 11.7 Å². The van der Waals surface area contributed by atoms with Crippen LogP contribution in [-0.4, -0.2) is 30.4 Å². The first-order valence-corrected chi connectivity index (χ1v) is 7.13. The number of rotatable bonds is 6. The lowest BCUT2D eigenvalue weighted by atomic mass is 10.0. The van der Waals surface area contributed by atoms with Crippen LogP contribution in [-0.2, 0) is 11.2 Å². The van der Waals surface area contributed by atoms with Gasteiger partial charge in [-0.1, -0.05) is 31.5 Å². The molecule has 0 radical (unpaired) electrons. The van der Waals surface area contributed by atoms with Crippen molar-refractivity contribution in [1.82, 2.24) is 4.90 Å². The lowest BCUT2D eigenvalue weighted by Gasteiger charge is -2.22. The molecule has 0 fully saturated rings. The summed E-state index contributed by atoms with van der Waals surface area (Å²) in [7, 11) is 1.70. The van der Waals surface area contributed by atoms with Crippen LogP contribution in [0.2, 0.25) is 5.02 Å². The van der Waals surface area contributed by atoms with Crippen LogP contribution in [0.15, 0.2) is 18.2 Å². The number of carbonyl (C=O) groups is 1. The largest absolute Gasteiger partial charge is 0.345 e. The predicted molar refractivity (Wildman–Crippen MR) is 87.4 cm³/mol. The minimum Gasteiger partial charge on any atom is -0.345 e. The highest BCUT2D eigenvalue weighted by Crippen LogP contribution is 2.20. The van der Waals surface area contributed by atoms with Crippen molar-refractivity contribution >= 4 is 29.9 Å². The molecule has 0 aliphatic rings. The quantitative estimate of drug-likeness (QED) is 0.866. The summed E-state index contributed by atoms with van der Waals surface area (Å²) in [6, 6.07) is 4.48. The Morgan fingerprint density at radius 3 is 2.57 bits per heavy atom. The topological polar surface area (TPSA) is 46.3 Å². The third-order valence-corrected chi connectivity index (χ3v) is 3.82. The summed E-state index contributed by atoms with van der Waals surface area (Å²) in [6.45, 7) is 4.65. The molecule has 0 aromatic heterocycles. The van der Waals surface area contributed by atoms with Crippen LogP contribution in [0.25, 0.3) is 0 Å². The number of likely N-dealkylation sites (N-methyl/N-ethyl adjacent to an activating group) is 1. The second kappa shape index (κ2) is 9.23. The Morgan fingerprint density at radius 1 is 1.43 bits per heavy atom. The van der Waals surface area contributed by atoms with E-state index in [1.54, 1.807) is 18.0 Å². The van der Waals surface area contributed by atoms with Crippen molar-refractivity contribution in [3.8, 4) is 0 Å². The molecular formula is C15H23Cl2FN2O. The molecule has 0 saturated heterocycles. The molecule has 0 aliphatic carbocycles. The summed E-state index contributed by atoms with van der Waals surface area (Å²) < 4.78 is 13.6. The molecule has 120 valence electrons. The number of benzene rings is 1. The molecule has 0 heterocycles. The smallest absolute Gasteiger partial charge is 0.226 e. The maximum atomic E-state index is 13.6. The number of hydrogen-bond donors (Lipinski definition) is 1. The molecule has 0 bridgehead atoms. The van der Waals surface area contributed by atoms with Crippen LogP contribution in [0.5, 0.6) is 0 Å². The van der Waals surface area contributed by atoms with Crippen LogP contribution >= 0.6 is 24.0 Å². The number of halogens is 3. The van der Waals surface area contributed by atoms with Gasteiger partial charge < -0.3 is 10.6 Å². The van der Waals surface area contributed by atoms with Crippen molar-refractivity contribution in [2.75, 3.05) is 13.6 Å². The van der Waals surface area contributed by atoms with Crippen molar-refractivity contribution < 1.29 is 9.18 Å². The molecule has 0 saturated carbocycles. The van der Waals surface area contributed by atoms with Gasteiger partial charge in [-0.15, -0.1) is 12.4 Å². The van der Waals surface area contributed by atoms with Crippen molar-refractivity contribution in [3.05, 3.63) is 34.6 Å². The van der Waals surface area contributed by atoms with E-state index in [-0.39, 0.29) is 41.4 Å². The summed E-state index contributed by atoms with van der Waals surface area (Å²) in [4.78, 5) is 13.6. The van der Waals surface area contributed by atoms with Gasteiger partial charge in [0.05, 0.1) is 6.42 Å². The van der Waals surface area contributed by atoms with E-state index in [0.29, 0.717) is 12.5 Å². The maximum absolute atomic E-state index is 13.6. The number of nitrogens with two attached hydrogens (primary N) is 1. The number of amides is 1. The van der Waals surface area contributed by atoms with Gasteiger partial charge in [-0.25, -0.2) is 4.39 Å². The zero-order valence-corrected chi connectivity index (χ0v) is 14.2. The fraction of sp³-hybridized carbons (Fsp3) is 0.533. The van der Waals surface area contributed by atoms with Crippen LogP contribution in [0.4, 0.5) is 4.39 Å². The third-order valence-electron chi connectivity index (χ3n) is 3.47. The van der Waals surface area contributed by atoms with Crippen LogP contribution in [0, 0.1) is 11.7 Å². The standard InChI is InChI=1S/C15H22ClFN2O.ClH/c1-10(2)14(18)7-8-19(3)15(20)9-11-12(16)5-4-6-13(11)17;/h4-6,10,14H,7-9,18H2,1-3H3;1H. The van der Waals surface area contributed by atoms with E-state index in [2.05, 4.69) is 0 Å². The Kier molecular flexibility index (Phi) is 8.86. The lowest BCUT2D eigenvalue weighted by molar-refractivity contribution is -0.129. The minimum absolute atomic E-state index is 0. The molecule has 2 N–H and O–H groups in total. The van der Waals surface area contributed by atoms with E-state index in [1.807, 2.05) is 13.8 Å². The van der Waals surface area contributed by atoms with Gasteiger partial charge >= 0.3 is 0 Å². The first kappa shape index (κ1) is 20.2. The van der Waals surface area contributed by atoms with Crippen molar-refractivity contribution in [2.45, 2.75) is 32.7 Å². The van der Waals surface area contributed by atoms with E-state index in [9.17, 15) is 9.18 Å².